The second kappa shape index (κ2) is 5.74. The number of fused-ring (bicyclic) bond motifs is 1. The quantitative estimate of drug-likeness (QED) is 0.895. The van der Waals surface area contributed by atoms with Gasteiger partial charge < -0.3 is 14.8 Å². The summed E-state index contributed by atoms with van der Waals surface area (Å²) in [5.74, 6) is 1.11. The summed E-state index contributed by atoms with van der Waals surface area (Å²) in [6.45, 7) is 0.843. The van der Waals surface area contributed by atoms with Crippen LogP contribution in [0.25, 0.3) is 0 Å². The first-order chi connectivity index (χ1) is 9.78. The zero-order valence-corrected chi connectivity index (χ0v) is 12.6. The number of aryl methyl sites for hydroxylation is 1. The highest BCUT2D eigenvalue weighted by Crippen LogP contribution is 2.44. The van der Waals surface area contributed by atoms with E-state index in [-0.39, 0.29) is 5.60 Å². The van der Waals surface area contributed by atoms with Crippen molar-refractivity contribution in [3.63, 3.8) is 0 Å². The van der Waals surface area contributed by atoms with Gasteiger partial charge in [-0.15, -0.1) is 0 Å². The molecule has 110 valence electrons. The standard InChI is InChI=1S/C17H25NO2/c1-18-15(12-17(19-2)9-5-10-17)14-8-3-6-13-7-4-11-20-16(13)14/h3,6,8,15,18H,4-5,7,9-12H2,1-2H3. The van der Waals surface area contributed by atoms with E-state index >= 15 is 0 Å². The molecule has 0 amide bonds. The van der Waals surface area contributed by atoms with Crippen LogP contribution in [0.4, 0.5) is 0 Å². The number of hydrogen-bond acceptors (Lipinski definition) is 3. The molecule has 0 saturated heterocycles. The van der Waals surface area contributed by atoms with Crippen molar-refractivity contribution in [1.82, 2.24) is 5.32 Å². The van der Waals surface area contributed by atoms with Crippen LogP contribution < -0.4 is 10.1 Å². The fourth-order valence-corrected chi connectivity index (χ4v) is 3.49. The van der Waals surface area contributed by atoms with Gasteiger partial charge in [0.15, 0.2) is 0 Å². The fraction of sp³-hybridized carbons (Fsp3) is 0.647. The Morgan fingerprint density at radius 3 is 2.85 bits per heavy atom. The monoisotopic (exact) mass is 275 g/mol. The molecule has 1 saturated carbocycles. The van der Waals surface area contributed by atoms with E-state index in [1.54, 1.807) is 0 Å². The topological polar surface area (TPSA) is 30.5 Å². The van der Waals surface area contributed by atoms with E-state index < -0.39 is 0 Å². The van der Waals surface area contributed by atoms with E-state index in [9.17, 15) is 0 Å². The van der Waals surface area contributed by atoms with Gasteiger partial charge in [0, 0.05) is 18.7 Å². The van der Waals surface area contributed by atoms with Crippen molar-refractivity contribution < 1.29 is 9.47 Å². The van der Waals surface area contributed by atoms with E-state index in [1.807, 2.05) is 14.2 Å². The molecule has 1 unspecified atom stereocenters. The molecule has 3 nitrogen and oxygen atoms in total. The van der Waals surface area contributed by atoms with Crippen LogP contribution in [0, 0.1) is 0 Å². The van der Waals surface area contributed by atoms with E-state index in [1.165, 1.54) is 30.4 Å². The molecule has 20 heavy (non-hydrogen) atoms. The summed E-state index contributed by atoms with van der Waals surface area (Å²) < 4.78 is 11.7. The minimum Gasteiger partial charge on any atom is -0.493 e. The van der Waals surface area contributed by atoms with E-state index in [0.717, 1.165) is 31.6 Å². The second-order valence-corrected chi connectivity index (χ2v) is 6.07. The molecule has 0 spiro atoms. The number of hydrogen-bond donors (Lipinski definition) is 1. The van der Waals surface area contributed by atoms with Gasteiger partial charge in [-0.25, -0.2) is 0 Å². The van der Waals surface area contributed by atoms with Crippen LogP contribution >= 0.6 is 0 Å². The molecular weight excluding hydrogens is 250 g/mol. The van der Waals surface area contributed by atoms with Crippen molar-refractivity contribution in [2.75, 3.05) is 20.8 Å². The third kappa shape index (κ3) is 2.45. The van der Waals surface area contributed by atoms with Crippen molar-refractivity contribution in [2.45, 2.75) is 50.2 Å². The molecule has 1 atom stereocenters. The Kier molecular flexibility index (Phi) is 3.99. The van der Waals surface area contributed by atoms with E-state index in [2.05, 4.69) is 23.5 Å². The Bertz CT molecular complexity index is 463. The molecule has 1 aromatic rings. The van der Waals surface area contributed by atoms with Gasteiger partial charge in [0.2, 0.25) is 0 Å². The first kappa shape index (κ1) is 13.9. The average molecular weight is 275 g/mol. The predicted octanol–water partition coefficient (Wildman–Crippen LogP) is 3.23. The number of ether oxygens (including phenoxy) is 2. The minimum absolute atomic E-state index is 0.0745. The first-order valence-corrected chi connectivity index (χ1v) is 7.75. The van der Waals surface area contributed by atoms with Crippen LogP contribution in [0.1, 0.15) is 49.3 Å². The maximum absolute atomic E-state index is 5.96. The fourth-order valence-electron chi connectivity index (χ4n) is 3.49. The molecule has 3 heteroatoms. The van der Waals surface area contributed by atoms with E-state index in [4.69, 9.17) is 9.47 Å². The molecule has 2 aliphatic rings. The van der Waals surface area contributed by atoms with Crippen molar-refractivity contribution in [3.8, 4) is 5.75 Å². The van der Waals surface area contributed by atoms with Crippen LogP contribution in [-0.4, -0.2) is 26.4 Å². The van der Waals surface area contributed by atoms with Gasteiger partial charge in [-0.1, -0.05) is 18.2 Å². The Balaban J connectivity index is 1.86. The average Bonchev–Trinajstić information content (AvgIpc) is 2.47. The number of para-hydroxylation sites is 1. The SMILES string of the molecule is CNC(CC1(OC)CCC1)c1cccc2c1OCCC2. The summed E-state index contributed by atoms with van der Waals surface area (Å²) in [5, 5.41) is 3.47. The third-order valence-corrected chi connectivity index (χ3v) is 4.96. The lowest BCUT2D eigenvalue weighted by atomic mass is 9.74. The molecule has 0 bridgehead atoms. The van der Waals surface area contributed by atoms with Crippen LogP contribution in [0.3, 0.4) is 0 Å². The summed E-state index contributed by atoms with van der Waals surface area (Å²) in [6, 6.07) is 6.87. The Morgan fingerprint density at radius 1 is 1.35 bits per heavy atom. The smallest absolute Gasteiger partial charge is 0.127 e. The van der Waals surface area contributed by atoms with Crippen LogP contribution in [0.15, 0.2) is 18.2 Å². The summed E-state index contributed by atoms with van der Waals surface area (Å²) in [6.07, 6.45) is 6.93. The summed E-state index contributed by atoms with van der Waals surface area (Å²) in [4.78, 5) is 0. The summed E-state index contributed by atoms with van der Waals surface area (Å²) in [7, 11) is 3.89. The van der Waals surface area contributed by atoms with Gasteiger partial charge in [-0.3, -0.25) is 0 Å². The number of nitrogens with one attached hydrogen (secondary N) is 1. The lowest BCUT2D eigenvalue weighted by Crippen LogP contribution is -2.42. The molecular formula is C17H25NO2. The maximum Gasteiger partial charge on any atom is 0.127 e. The van der Waals surface area contributed by atoms with Crippen LogP contribution in [0.5, 0.6) is 5.75 Å². The maximum atomic E-state index is 5.96. The number of rotatable bonds is 5. The Labute approximate surface area is 121 Å². The van der Waals surface area contributed by atoms with Crippen molar-refractivity contribution in [3.05, 3.63) is 29.3 Å². The van der Waals surface area contributed by atoms with Gasteiger partial charge in [0.05, 0.1) is 12.2 Å². The predicted molar refractivity (Wildman–Crippen MR) is 80.3 cm³/mol. The Hall–Kier alpha value is -1.06. The summed E-state index contributed by atoms with van der Waals surface area (Å²) in [5.41, 5.74) is 2.73. The zero-order chi connectivity index (χ0) is 14.0. The normalized spacial score (nSPS) is 21.5. The van der Waals surface area contributed by atoms with Crippen molar-refractivity contribution in [2.24, 2.45) is 0 Å². The highest BCUT2D eigenvalue weighted by atomic mass is 16.5. The zero-order valence-electron chi connectivity index (χ0n) is 12.6. The minimum atomic E-state index is 0.0745. The van der Waals surface area contributed by atoms with Gasteiger partial charge >= 0.3 is 0 Å². The molecule has 1 fully saturated rings. The van der Waals surface area contributed by atoms with E-state index in [0.29, 0.717) is 6.04 Å². The molecule has 0 aromatic heterocycles. The third-order valence-electron chi connectivity index (χ3n) is 4.96. The molecule has 1 heterocycles. The molecule has 0 radical (unpaired) electrons. The van der Waals surface area contributed by atoms with Crippen molar-refractivity contribution >= 4 is 0 Å². The lowest BCUT2D eigenvalue weighted by molar-refractivity contribution is -0.0835. The molecule has 1 aromatic carbocycles. The van der Waals surface area contributed by atoms with Gasteiger partial charge in [-0.05, 0) is 51.1 Å². The van der Waals surface area contributed by atoms with Gasteiger partial charge in [0.1, 0.15) is 5.75 Å². The summed E-state index contributed by atoms with van der Waals surface area (Å²) >= 11 is 0. The molecule has 1 aliphatic carbocycles. The van der Waals surface area contributed by atoms with Gasteiger partial charge in [-0.2, -0.15) is 0 Å². The highest BCUT2D eigenvalue weighted by Gasteiger charge is 2.39. The number of methoxy groups -OCH3 is 1. The Morgan fingerprint density at radius 2 is 2.20 bits per heavy atom. The molecule has 3 rings (SSSR count). The second-order valence-electron chi connectivity index (χ2n) is 6.07. The lowest BCUT2D eigenvalue weighted by Gasteiger charge is -2.43. The first-order valence-electron chi connectivity index (χ1n) is 7.75. The van der Waals surface area contributed by atoms with Crippen LogP contribution in [0.2, 0.25) is 0 Å². The number of benzene rings is 1. The highest BCUT2D eigenvalue weighted by molar-refractivity contribution is 5.44. The van der Waals surface area contributed by atoms with Gasteiger partial charge in [0.25, 0.3) is 0 Å². The van der Waals surface area contributed by atoms with Crippen molar-refractivity contribution in [1.29, 1.82) is 0 Å². The molecule has 1 aliphatic heterocycles. The van der Waals surface area contributed by atoms with Crippen LogP contribution in [-0.2, 0) is 11.2 Å². The largest absolute Gasteiger partial charge is 0.493 e. The molecule has 1 N–H and O–H groups in total.